The lowest BCUT2D eigenvalue weighted by atomic mass is 10.1. The zero-order valence-electron chi connectivity index (χ0n) is 19.2. The van der Waals surface area contributed by atoms with E-state index in [1.54, 1.807) is 36.4 Å². The summed E-state index contributed by atoms with van der Waals surface area (Å²) in [7, 11) is 0. The number of aryl methyl sites for hydroxylation is 3. The lowest BCUT2D eigenvalue weighted by Gasteiger charge is -2.14. The average molecular weight is 554 g/mol. The predicted octanol–water partition coefficient (Wildman–Crippen LogP) is 5.94. The third-order valence-corrected chi connectivity index (χ3v) is 6.60. The van der Waals surface area contributed by atoms with Gasteiger partial charge in [-0.05, 0) is 86.0 Å². The molecule has 0 spiro atoms. The first-order valence-electron chi connectivity index (χ1n) is 10.7. The average Bonchev–Trinajstić information content (AvgIpc) is 3.16. The van der Waals surface area contributed by atoms with Gasteiger partial charge >= 0.3 is 11.8 Å². The van der Waals surface area contributed by atoms with Gasteiger partial charge in [-0.25, -0.2) is 4.68 Å². The first kappa shape index (κ1) is 24.5. The monoisotopic (exact) mass is 552 g/mol. The number of halogens is 2. The van der Waals surface area contributed by atoms with Gasteiger partial charge in [-0.2, -0.15) is 0 Å². The highest BCUT2D eigenvalue weighted by Gasteiger charge is 2.22. The molecule has 0 bridgehead atoms. The third-order valence-electron chi connectivity index (χ3n) is 5.47. The summed E-state index contributed by atoms with van der Waals surface area (Å²) in [5.74, 6) is -2.24. The van der Waals surface area contributed by atoms with Crippen LogP contribution in [0.2, 0.25) is 5.02 Å². The van der Waals surface area contributed by atoms with E-state index in [1.807, 2.05) is 45.0 Å². The lowest BCUT2D eigenvalue weighted by Crippen LogP contribution is -2.36. The minimum atomic E-state index is -0.924. The van der Waals surface area contributed by atoms with Crippen molar-refractivity contribution in [2.75, 3.05) is 16.1 Å². The van der Waals surface area contributed by atoms with Crippen LogP contribution in [-0.4, -0.2) is 22.4 Å². The van der Waals surface area contributed by atoms with Crippen LogP contribution in [0.25, 0.3) is 10.9 Å². The number of anilines is 2. The molecule has 4 rings (SSSR count). The summed E-state index contributed by atoms with van der Waals surface area (Å²) >= 11 is 9.57. The number of rotatable bonds is 4. The molecule has 7 nitrogen and oxygen atoms in total. The van der Waals surface area contributed by atoms with Gasteiger partial charge in [0.2, 0.25) is 0 Å². The number of hydrogen-bond donors (Lipinski definition) is 3. The molecule has 3 aromatic carbocycles. The molecule has 0 radical (unpaired) electrons. The molecule has 3 N–H and O–H groups in total. The molecule has 0 fully saturated rings. The molecular formula is C26H22BrClN4O3. The Balaban J connectivity index is 1.64. The van der Waals surface area contributed by atoms with Gasteiger partial charge in [-0.1, -0.05) is 39.7 Å². The maximum atomic E-state index is 13.2. The van der Waals surface area contributed by atoms with Crippen LogP contribution < -0.4 is 16.1 Å². The van der Waals surface area contributed by atoms with Crippen LogP contribution in [0, 0.1) is 20.8 Å². The molecule has 178 valence electrons. The fourth-order valence-electron chi connectivity index (χ4n) is 3.59. The number of carbonyl (C=O) groups excluding carboxylic acids is 3. The molecule has 0 aliphatic carbocycles. The van der Waals surface area contributed by atoms with Crippen molar-refractivity contribution in [3.05, 3.63) is 92.5 Å². The molecular weight excluding hydrogens is 532 g/mol. The first-order chi connectivity index (χ1) is 16.6. The van der Waals surface area contributed by atoms with E-state index in [0.29, 0.717) is 27.3 Å². The minimum Gasteiger partial charge on any atom is -0.321 e. The number of amides is 3. The molecule has 0 saturated heterocycles. The van der Waals surface area contributed by atoms with E-state index in [0.717, 1.165) is 21.2 Å². The number of benzene rings is 3. The fraction of sp³-hybridized carbons (Fsp3) is 0.115. The molecule has 0 aliphatic rings. The van der Waals surface area contributed by atoms with Crippen molar-refractivity contribution in [3.8, 4) is 0 Å². The number of hydrogen-bond acceptors (Lipinski definition) is 3. The van der Waals surface area contributed by atoms with Crippen LogP contribution in [0.1, 0.15) is 27.2 Å². The molecule has 0 unspecified atom stereocenters. The Labute approximate surface area is 215 Å². The van der Waals surface area contributed by atoms with Crippen molar-refractivity contribution in [1.29, 1.82) is 0 Å². The van der Waals surface area contributed by atoms with Crippen molar-refractivity contribution in [3.63, 3.8) is 0 Å². The summed E-state index contributed by atoms with van der Waals surface area (Å²) in [5, 5.41) is 6.57. The second-order valence-corrected chi connectivity index (χ2v) is 9.49. The second-order valence-electron chi connectivity index (χ2n) is 8.20. The Morgan fingerprint density at radius 3 is 2.34 bits per heavy atom. The predicted molar refractivity (Wildman–Crippen MR) is 143 cm³/mol. The van der Waals surface area contributed by atoms with Gasteiger partial charge in [0, 0.05) is 26.3 Å². The van der Waals surface area contributed by atoms with Gasteiger partial charge in [-0.15, -0.1) is 0 Å². The summed E-state index contributed by atoms with van der Waals surface area (Å²) in [5.41, 5.74) is 7.04. The quantitative estimate of drug-likeness (QED) is 0.273. The molecule has 35 heavy (non-hydrogen) atoms. The van der Waals surface area contributed by atoms with Crippen LogP contribution in [0.15, 0.2) is 65.1 Å². The normalized spacial score (nSPS) is 10.8. The largest absolute Gasteiger partial charge is 0.328 e. The van der Waals surface area contributed by atoms with Crippen molar-refractivity contribution in [2.45, 2.75) is 20.8 Å². The smallest absolute Gasteiger partial charge is 0.321 e. The number of fused-ring (bicyclic) bond motifs is 1. The number of aromatic nitrogens is 1. The lowest BCUT2D eigenvalue weighted by molar-refractivity contribution is -0.133. The molecule has 1 heterocycles. The molecule has 0 atom stereocenters. The van der Waals surface area contributed by atoms with Gasteiger partial charge in [0.05, 0.1) is 5.52 Å². The summed E-state index contributed by atoms with van der Waals surface area (Å²) < 4.78 is 2.21. The summed E-state index contributed by atoms with van der Waals surface area (Å²) in [6.45, 7) is 5.64. The molecule has 3 amide bonds. The van der Waals surface area contributed by atoms with Crippen molar-refractivity contribution >= 4 is 67.5 Å². The Morgan fingerprint density at radius 2 is 1.60 bits per heavy atom. The van der Waals surface area contributed by atoms with E-state index < -0.39 is 17.7 Å². The van der Waals surface area contributed by atoms with Crippen LogP contribution >= 0.6 is 27.5 Å². The number of nitrogens with one attached hydrogen (secondary N) is 3. The van der Waals surface area contributed by atoms with Gasteiger partial charge in [0.15, 0.2) is 0 Å². The zero-order valence-corrected chi connectivity index (χ0v) is 21.5. The van der Waals surface area contributed by atoms with Gasteiger partial charge in [-0.3, -0.25) is 19.8 Å². The fourth-order valence-corrected chi connectivity index (χ4v) is 4.02. The van der Waals surface area contributed by atoms with Crippen LogP contribution in [0.4, 0.5) is 11.4 Å². The summed E-state index contributed by atoms with van der Waals surface area (Å²) in [4.78, 5) is 38.7. The SMILES string of the molecule is Cc1ccc(C)c(NC(=O)C(=O)Nn2c(C(=O)Nc3ccc(Br)c(C)c3)cc3cc(Cl)ccc32)c1. The third kappa shape index (κ3) is 5.39. The molecule has 9 heteroatoms. The van der Waals surface area contributed by atoms with E-state index >= 15 is 0 Å². The second kappa shape index (κ2) is 9.93. The number of carbonyl (C=O) groups is 3. The summed E-state index contributed by atoms with van der Waals surface area (Å²) in [6.07, 6.45) is 0. The molecule has 1 aromatic heterocycles. The Morgan fingerprint density at radius 1 is 0.829 bits per heavy atom. The zero-order chi connectivity index (χ0) is 25.3. The Hall–Kier alpha value is -3.62. The topological polar surface area (TPSA) is 92.2 Å². The highest BCUT2D eigenvalue weighted by Crippen LogP contribution is 2.25. The van der Waals surface area contributed by atoms with E-state index in [1.165, 1.54) is 4.68 Å². The number of nitrogens with zero attached hydrogens (tertiary/aromatic N) is 1. The van der Waals surface area contributed by atoms with Crippen molar-refractivity contribution in [2.24, 2.45) is 0 Å². The maximum absolute atomic E-state index is 13.2. The molecule has 4 aromatic rings. The van der Waals surface area contributed by atoms with Gasteiger partial charge in [0.25, 0.3) is 5.91 Å². The maximum Gasteiger partial charge on any atom is 0.328 e. The minimum absolute atomic E-state index is 0.135. The van der Waals surface area contributed by atoms with E-state index in [4.69, 9.17) is 11.6 Å². The Bertz CT molecular complexity index is 1500. The van der Waals surface area contributed by atoms with Gasteiger partial charge in [0.1, 0.15) is 5.69 Å². The van der Waals surface area contributed by atoms with E-state index in [-0.39, 0.29) is 5.69 Å². The van der Waals surface area contributed by atoms with E-state index in [9.17, 15) is 14.4 Å². The highest BCUT2D eigenvalue weighted by molar-refractivity contribution is 9.10. The van der Waals surface area contributed by atoms with Gasteiger partial charge < -0.3 is 10.6 Å². The van der Waals surface area contributed by atoms with Crippen molar-refractivity contribution < 1.29 is 14.4 Å². The molecule has 0 aliphatic heterocycles. The standard InChI is InChI=1S/C26H22BrClN4O3/c1-14-4-5-15(2)21(10-14)30-25(34)26(35)31-32-22-9-6-18(28)12-17(22)13-23(32)24(33)29-19-7-8-20(27)16(3)11-19/h4-13H,1-3H3,(H,29,33)(H,30,34)(H,31,35). The van der Waals surface area contributed by atoms with Crippen LogP contribution in [0.3, 0.4) is 0 Å². The first-order valence-corrected chi connectivity index (χ1v) is 11.9. The summed E-state index contributed by atoms with van der Waals surface area (Å²) in [6, 6.07) is 17.6. The highest BCUT2D eigenvalue weighted by atomic mass is 79.9. The van der Waals surface area contributed by atoms with E-state index in [2.05, 4.69) is 32.0 Å². The van der Waals surface area contributed by atoms with Crippen LogP contribution in [0.5, 0.6) is 0 Å². The Kier molecular flexibility index (Phi) is 6.95. The van der Waals surface area contributed by atoms with Crippen LogP contribution in [-0.2, 0) is 9.59 Å². The molecule has 0 saturated carbocycles. The van der Waals surface area contributed by atoms with Crippen molar-refractivity contribution in [1.82, 2.24) is 4.68 Å².